The van der Waals surface area contributed by atoms with Gasteiger partial charge in [-0.15, -0.1) is 0 Å². The van der Waals surface area contributed by atoms with Crippen molar-refractivity contribution >= 4 is 23.4 Å². The lowest BCUT2D eigenvalue weighted by Gasteiger charge is -2.24. The lowest BCUT2D eigenvalue weighted by Crippen LogP contribution is -2.35. The molecule has 1 fully saturated rings. The fraction of sp³-hybridized carbons (Fsp3) is 0.500. The predicted molar refractivity (Wildman–Crippen MR) is 121 cm³/mol. The van der Waals surface area contributed by atoms with Gasteiger partial charge in [0.1, 0.15) is 5.69 Å². The first kappa shape index (κ1) is 24.6. The molecular weight excluding hydrogens is 471 g/mol. The summed E-state index contributed by atoms with van der Waals surface area (Å²) >= 11 is 5.88. The molecule has 2 aliphatic rings. The molecule has 184 valence electrons. The zero-order valence-corrected chi connectivity index (χ0v) is 19.8. The van der Waals surface area contributed by atoms with Gasteiger partial charge in [0.15, 0.2) is 0 Å². The summed E-state index contributed by atoms with van der Waals surface area (Å²) in [5.41, 5.74) is 0.978. The summed E-state index contributed by atoms with van der Waals surface area (Å²) in [6.45, 7) is 5.64. The fourth-order valence-electron chi connectivity index (χ4n) is 4.72. The monoisotopic (exact) mass is 497 g/mol. The molecule has 1 aromatic heterocycles. The number of likely N-dealkylation sites (tertiary alicyclic amines) is 1. The average Bonchev–Trinajstić information content (AvgIpc) is 3.39. The molecule has 2 atom stereocenters. The fourth-order valence-corrected chi connectivity index (χ4v) is 5.01. The van der Waals surface area contributed by atoms with Gasteiger partial charge in [0.25, 0.3) is 11.8 Å². The molecular formula is C24H27ClF3N3O3. The zero-order chi connectivity index (χ0) is 24.6. The second-order valence-corrected chi connectivity index (χ2v) is 9.16. The molecule has 1 N–H and O–H groups in total. The van der Waals surface area contributed by atoms with Crippen LogP contribution in [0.5, 0.6) is 0 Å². The summed E-state index contributed by atoms with van der Waals surface area (Å²) in [5, 5.41) is 2.48. The third kappa shape index (κ3) is 4.68. The van der Waals surface area contributed by atoms with Gasteiger partial charge in [-0.2, -0.15) is 13.2 Å². The van der Waals surface area contributed by atoms with Crippen LogP contribution in [0.2, 0.25) is 5.02 Å². The topological polar surface area (TPSA) is 63.6 Å². The van der Waals surface area contributed by atoms with Gasteiger partial charge in [0.05, 0.1) is 41.1 Å². The van der Waals surface area contributed by atoms with Crippen LogP contribution in [-0.2, 0) is 24.1 Å². The second kappa shape index (κ2) is 9.62. The Morgan fingerprint density at radius 3 is 2.65 bits per heavy atom. The second-order valence-electron chi connectivity index (χ2n) is 8.76. The first-order valence-electron chi connectivity index (χ1n) is 11.4. The molecule has 2 aliphatic heterocycles. The summed E-state index contributed by atoms with van der Waals surface area (Å²) in [6, 6.07) is 4.69. The number of benzene rings is 1. The van der Waals surface area contributed by atoms with Crippen molar-refractivity contribution < 1.29 is 27.5 Å². The van der Waals surface area contributed by atoms with Crippen LogP contribution < -0.4 is 5.32 Å². The Labute approximate surface area is 201 Å². The van der Waals surface area contributed by atoms with Gasteiger partial charge >= 0.3 is 6.18 Å². The lowest BCUT2D eigenvalue weighted by atomic mass is 10.0. The number of fused-ring (bicyclic) bond motifs is 1. The molecule has 0 saturated carbocycles. The smallest absolute Gasteiger partial charge is 0.373 e. The van der Waals surface area contributed by atoms with E-state index in [9.17, 15) is 22.8 Å². The molecule has 1 saturated heterocycles. The minimum Gasteiger partial charge on any atom is -0.373 e. The number of nitrogens with one attached hydrogen (secondary N) is 1. The summed E-state index contributed by atoms with van der Waals surface area (Å²) < 4.78 is 46.6. The highest BCUT2D eigenvalue weighted by Crippen LogP contribution is 2.36. The van der Waals surface area contributed by atoms with Crippen LogP contribution in [0, 0.1) is 0 Å². The molecule has 4 rings (SSSR count). The number of hydrogen-bond acceptors (Lipinski definition) is 3. The first-order valence-corrected chi connectivity index (χ1v) is 11.8. The zero-order valence-electron chi connectivity index (χ0n) is 19.0. The Morgan fingerprint density at radius 2 is 2.03 bits per heavy atom. The molecule has 2 unspecified atom stereocenters. The quantitative estimate of drug-likeness (QED) is 0.618. The van der Waals surface area contributed by atoms with E-state index in [1.165, 1.54) is 12.1 Å². The number of alkyl halides is 3. The molecule has 1 aromatic carbocycles. The van der Waals surface area contributed by atoms with Gasteiger partial charge in [-0.05, 0) is 49.9 Å². The molecule has 0 aliphatic carbocycles. The van der Waals surface area contributed by atoms with E-state index in [1.807, 2.05) is 23.3 Å². The van der Waals surface area contributed by atoms with Gasteiger partial charge in [-0.25, -0.2) is 0 Å². The SMILES string of the molecule is CCC(NC(=O)c1cc(C(=O)N2CCCC2C)n2c1COCC2)c1ccc(C(F)(F)F)c(Cl)c1. The lowest BCUT2D eigenvalue weighted by molar-refractivity contribution is -0.137. The summed E-state index contributed by atoms with van der Waals surface area (Å²) in [4.78, 5) is 28.3. The number of hydrogen-bond donors (Lipinski definition) is 1. The number of carbonyl (C=O) groups excluding carboxylic acids is 2. The number of ether oxygens (including phenoxy) is 1. The molecule has 0 spiro atoms. The maximum atomic E-state index is 13.3. The van der Waals surface area contributed by atoms with E-state index in [4.69, 9.17) is 16.3 Å². The van der Waals surface area contributed by atoms with Crippen LogP contribution >= 0.6 is 11.6 Å². The van der Waals surface area contributed by atoms with Gasteiger partial charge in [-0.3, -0.25) is 9.59 Å². The Morgan fingerprint density at radius 1 is 1.26 bits per heavy atom. The number of halogens is 4. The van der Waals surface area contributed by atoms with Crippen molar-refractivity contribution in [2.24, 2.45) is 0 Å². The Bertz CT molecular complexity index is 1100. The highest BCUT2D eigenvalue weighted by molar-refractivity contribution is 6.31. The van der Waals surface area contributed by atoms with E-state index in [2.05, 4.69) is 5.32 Å². The highest BCUT2D eigenvalue weighted by atomic mass is 35.5. The van der Waals surface area contributed by atoms with Crippen molar-refractivity contribution in [3.05, 3.63) is 57.4 Å². The third-order valence-electron chi connectivity index (χ3n) is 6.60. The number of carbonyl (C=O) groups is 2. The van der Waals surface area contributed by atoms with E-state index in [-0.39, 0.29) is 18.6 Å². The van der Waals surface area contributed by atoms with Gasteiger partial charge in [0, 0.05) is 19.1 Å². The van der Waals surface area contributed by atoms with Crippen molar-refractivity contribution in [3.63, 3.8) is 0 Å². The molecule has 2 aromatic rings. The largest absolute Gasteiger partial charge is 0.417 e. The van der Waals surface area contributed by atoms with Crippen molar-refractivity contribution in [1.29, 1.82) is 0 Å². The number of rotatable bonds is 5. The number of amides is 2. The molecule has 6 nitrogen and oxygen atoms in total. The van der Waals surface area contributed by atoms with Crippen LogP contribution in [-0.4, -0.2) is 40.5 Å². The molecule has 3 heterocycles. The molecule has 2 amide bonds. The third-order valence-corrected chi connectivity index (χ3v) is 6.91. The van der Waals surface area contributed by atoms with Crippen LogP contribution in [0.15, 0.2) is 24.3 Å². The van der Waals surface area contributed by atoms with Crippen molar-refractivity contribution in [2.75, 3.05) is 13.2 Å². The van der Waals surface area contributed by atoms with E-state index >= 15 is 0 Å². The molecule has 0 bridgehead atoms. The van der Waals surface area contributed by atoms with E-state index in [0.717, 1.165) is 18.9 Å². The van der Waals surface area contributed by atoms with Gasteiger partial charge in [-0.1, -0.05) is 24.6 Å². The summed E-state index contributed by atoms with van der Waals surface area (Å²) in [7, 11) is 0. The van der Waals surface area contributed by atoms with E-state index in [1.54, 1.807) is 6.07 Å². The maximum absolute atomic E-state index is 13.3. The average molecular weight is 498 g/mol. The minimum atomic E-state index is -4.55. The molecule has 34 heavy (non-hydrogen) atoms. The predicted octanol–water partition coefficient (Wildman–Crippen LogP) is 5.20. The van der Waals surface area contributed by atoms with E-state index < -0.39 is 28.7 Å². The van der Waals surface area contributed by atoms with Crippen molar-refractivity contribution in [3.8, 4) is 0 Å². The van der Waals surface area contributed by atoms with Crippen LogP contribution in [0.1, 0.15) is 76.8 Å². The van der Waals surface area contributed by atoms with Crippen LogP contribution in [0.25, 0.3) is 0 Å². The molecule has 10 heteroatoms. The Kier molecular flexibility index (Phi) is 6.96. The standard InChI is InChI=1S/C24H27ClF3N3O3/c1-3-19(15-6-7-17(18(25)11-15)24(26,27)28)29-22(32)16-12-20(31-9-10-34-13-21(16)31)23(33)30-8-4-5-14(30)2/h6-7,11-12,14,19H,3-5,8-10,13H2,1-2H3,(H,29,32). The number of nitrogens with zero attached hydrogens (tertiary/aromatic N) is 2. The minimum absolute atomic E-state index is 0.103. The summed E-state index contributed by atoms with van der Waals surface area (Å²) in [5.74, 6) is -0.514. The number of aromatic nitrogens is 1. The highest BCUT2D eigenvalue weighted by Gasteiger charge is 2.34. The first-order chi connectivity index (χ1) is 16.1. The van der Waals surface area contributed by atoms with Crippen LogP contribution in [0.4, 0.5) is 13.2 Å². The van der Waals surface area contributed by atoms with Gasteiger partial charge < -0.3 is 19.5 Å². The Hall–Kier alpha value is -2.52. The van der Waals surface area contributed by atoms with Crippen molar-refractivity contribution in [2.45, 2.75) is 64.5 Å². The van der Waals surface area contributed by atoms with E-state index in [0.29, 0.717) is 48.6 Å². The Balaban J connectivity index is 1.61. The maximum Gasteiger partial charge on any atom is 0.417 e. The summed E-state index contributed by atoms with van der Waals surface area (Å²) in [6.07, 6.45) is -2.21. The van der Waals surface area contributed by atoms with Crippen molar-refractivity contribution in [1.82, 2.24) is 14.8 Å². The molecule has 0 radical (unpaired) electrons. The van der Waals surface area contributed by atoms with Gasteiger partial charge in [0.2, 0.25) is 0 Å². The normalized spacial score (nSPS) is 19.1. The van der Waals surface area contributed by atoms with Crippen LogP contribution in [0.3, 0.4) is 0 Å².